The minimum Gasteiger partial charge on any atom is -0.392 e. The van der Waals surface area contributed by atoms with Crippen molar-refractivity contribution in [1.29, 1.82) is 0 Å². The molecular weight excluding hydrogens is 212 g/mol. The van der Waals surface area contributed by atoms with Crippen molar-refractivity contribution >= 4 is 0 Å². The molecule has 0 amide bonds. The van der Waals surface area contributed by atoms with Crippen molar-refractivity contribution in [3.63, 3.8) is 0 Å². The molecule has 0 radical (unpaired) electrons. The Bertz CT molecular complexity index is 240. The van der Waals surface area contributed by atoms with E-state index in [-0.39, 0.29) is 17.9 Å². The molecule has 2 nitrogen and oxygen atoms in total. The molecule has 6 atom stereocenters. The van der Waals surface area contributed by atoms with Crippen LogP contribution in [-0.4, -0.2) is 24.4 Å². The monoisotopic (exact) mass is 240 g/mol. The Hall–Kier alpha value is -0.520. The average molecular weight is 240 g/mol. The van der Waals surface area contributed by atoms with Gasteiger partial charge in [-0.1, -0.05) is 27.7 Å². The number of hydrogen-bond acceptors (Lipinski definition) is 2. The quantitative estimate of drug-likeness (QED) is 0.693. The van der Waals surface area contributed by atoms with Crippen molar-refractivity contribution in [2.24, 2.45) is 23.7 Å². The highest BCUT2D eigenvalue weighted by Gasteiger charge is 2.31. The number of terminal acetylenes is 1. The zero-order valence-corrected chi connectivity index (χ0v) is 12.1. The summed E-state index contributed by atoms with van der Waals surface area (Å²) in [6.45, 7) is 10.5. The second-order valence-corrected chi connectivity index (χ2v) is 5.21. The Morgan fingerprint density at radius 1 is 1.12 bits per heavy atom. The molecule has 0 saturated carbocycles. The van der Waals surface area contributed by atoms with Crippen molar-refractivity contribution in [2.45, 2.75) is 53.2 Å². The van der Waals surface area contributed by atoms with Crippen LogP contribution in [0.25, 0.3) is 0 Å². The number of ether oxygens (including phenoxy) is 1. The lowest BCUT2D eigenvalue weighted by Gasteiger charge is -2.34. The highest BCUT2D eigenvalue weighted by atomic mass is 16.5. The molecule has 0 aromatic heterocycles. The fraction of sp³-hybridized carbons (Fsp3) is 0.867. The molecule has 0 aromatic rings. The SMILES string of the molecule is C#C[C@H](C)[C@H](O)[C@H](C)[C@@H](C)[C@H](C)[C@H](CC)OC. The van der Waals surface area contributed by atoms with Crippen LogP contribution in [0.3, 0.4) is 0 Å². The summed E-state index contributed by atoms with van der Waals surface area (Å²) in [7, 11) is 1.75. The summed E-state index contributed by atoms with van der Waals surface area (Å²) in [5.74, 6) is 3.50. The standard InChI is InChI=1S/C15H28O2/c1-8-10(3)15(16)13(6)11(4)12(5)14(9-2)17-7/h1,10-16H,9H2,2-7H3/t10-,11-,12-,13+,14-,15-/m0/s1. The summed E-state index contributed by atoms with van der Waals surface area (Å²) in [6, 6.07) is 0. The molecule has 0 heterocycles. The van der Waals surface area contributed by atoms with Gasteiger partial charge in [-0.05, 0) is 31.1 Å². The Kier molecular flexibility index (Phi) is 7.50. The van der Waals surface area contributed by atoms with Gasteiger partial charge in [0.1, 0.15) is 0 Å². The third-order valence-corrected chi connectivity index (χ3v) is 4.26. The van der Waals surface area contributed by atoms with Crippen molar-refractivity contribution in [2.75, 3.05) is 7.11 Å². The number of aliphatic hydroxyl groups is 1. The van der Waals surface area contributed by atoms with E-state index in [0.717, 1.165) is 6.42 Å². The summed E-state index contributed by atoms with van der Waals surface area (Å²) >= 11 is 0. The maximum Gasteiger partial charge on any atom is 0.0702 e. The Morgan fingerprint density at radius 3 is 2.00 bits per heavy atom. The van der Waals surface area contributed by atoms with E-state index < -0.39 is 6.10 Å². The fourth-order valence-electron chi connectivity index (χ4n) is 2.44. The average Bonchev–Trinajstić information content (AvgIpc) is 2.36. The van der Waals surface area contributed by atoms with Crippen molar-refractivity contribution in [1.82, 2.24) is 0 Å². The molecule has 0 saturated heterocycles. The number of methoxy groups -OCH3 is 1. The fourth-order valence-corrected chi connectivity index (χ4v) is 2.44. The molecule has 0 aliphatic carbocycles. The van der Waals surface area contributed by atoms with E-state index in [1.165, 1.54) is 0 Å². The van der Waals surface area contributed by atoms with Crippen molar-refractivity contribution in [3.8, 4) is 12.3 Å². The predicted molar refractivity (Wildman–Crippen MR) is 72.6 cm³/mol. The van der Waals surface area contributed by atoms with Crippen molar-refractivity contribution < 1.29 is 9.84 Å². The molecule has 0 bridgehead atoms. The van der Waals surface area contributed by atoms with E-state index in [1.54, 1.807) is 7.11 Å². The smallest absolute Gasteiger partial charge is 0.0702 e. The number of rotatable bonds is 7. The van der Waals surface area contributed by atoms with Gasteiger partial charge in [0.15, 0.2) is 0 Å². The van der Waals surface area contributed by atoms with Crippen LogP contribution in [-0.2, 0) is 4.74 Å². The van der Waals surface area contributed by atoms with Crippen LogP contribution in [0.2, 0.25) is 0 Å². The van der Waals surface area contributed by atoms with Crippen LogP contribution >= 0.6 is 0 Å². The van der Waals surface area contributed by atoms with Gasteiger partial charge in [0, 0.05) is 13.0 Å². The van der Waals surface area contributed by atoms with Gasteiger partial charge in [-0.3, -0.25) is 0 Å². The molecule has 0 unspecified atom stereocenters. The van der Waals surface area contributed by atoms with Gasteiger partial charge >= 0.3 is 0 Å². The minimum absolute atomic E-state index is 0.0951. The van der Waals surface area contributed by atoms with Crippen LogP contribution in [0.4, 0.5) is 0 Å². The summed E-state index contributed by atoms with van der Waals surface area (Å²) < 4.78 is 5.48. The summed E-state index contributed by atoms with van der Waals surface area (Å²) in [6.07, 6.45) is 6.17. The second kappa shape index (κ2) is 7.74. The minimum atomic E-state index is -0.438. The maximum absolute atomic E-state index is 10.1. The number of hydrogen-bond donors (Lipinski definition) is 1. The third kappa shape index (κ3) is 4.33. The van der Waals surface area contributed by atoms with Crippen LogP contribution in [0.5, 0.6) is 0 Å². The van der Waals surface area contributed by atoms with Gasteiger partial charge in [-0.15, -0.1) is 12.3 Å². The van der Waals surface area contributed by atoms with Crippen LogP contribution in [0.15, 0.2) is 0 Å². The molecule has 0 aliphatic heterocycles. The molecule has 17 heavy (non-hydrogen) atoms. The Balaban J connectivity index is 4.58. The van der Waals surface area contributed by atoms with Crippen LogP contribution in [0, 0.1) is 36.0 Å². The maximum atomic E-state index is 10.1. The largest absolute Gasteiger partial charge is 0.392 e. The zero-order chi connectivity index (χ0) is 13.6. The van der Waals surface area contributed by atoms with Gasteiger partial charge < -0.3 is 9.84 Å². The molecule has 0 spiro atoms. The van der Waals surface area contributed by atoms with E-state index in [2.05, 4.69) is 33.6 Å². The van der Waals surface area contributed by atoms with E-state index in [4.69, 9.17) is 11.2 Å². The van der Waals surface area contributed by atoms with Gasteiger partial charge in [-0.2, -0.15) is 0 Å². The van der Waals surface area contributed by atoms with Gasteiger partial charge in [0.05, 0.1) is 12.2 Å². The third-order valence-electron chi connectivity index (χ3n) is 4.26. The highest BCUT2D eigenvalue weighted by molar-refractivity contribution is 4.96. The summed E-state index contributed by atoms with van der Waals surface area (Å²) in [4.78, 5) is 0. The lowest BCUT2D eigenvalue weighted by atomic mass is 9.76. The van der Waals surface area contributed by atoms with Crippen molar-refractivity contribution in [3.05, 3.63) is 0 Å². The lowest BCUT2D eigenvalue weighted by molar-refractivity contribution is -0.00842. The Labute approximate surface area is 107 Å². The van der Waals surface area contributed by atoms with E-state index in [0.29, 0.717) is 11.8 Å². The first-order valence-electron chi connectivity index (χ1n) is 6.57. The normalized spacial score (nSPS) is 22.0. The molecule has 0 aromatic carbocycles. The topological polar surface area (TPSA) is 29.5 Å². The first kappa shape index (κ1) is 16.5. The predicted octanol–water partition coefficient (Wildman–Crippen LogP) is 2.95. The van der Waals surface area contributed by atoms with E-state index in [1.807, 2.05) is 6.92 Å². The molecule has 2 heteroatoms. The molecule has 0 aliphatic rings. The van der Waals surface area contributed by atoms with E-state index in [9.17, 15) is 5.11 Å². The molecule has 0 fully saturated rings. The highest BCUT2D eigenvalue weighted by Crippen LogP contribution is 2.30. The van der Waals surface area contributed by atoms with Gasteiger partial charge in [-0.25, -0.2) is 0 Å². The molecular formula is C15H28O2. The number of aliphatic hydroxyl groups excluding tert-OH is 1. The second-order valence-electron chi connectivity index (χ2n) is 5.21. The van der Waals surface area contributed by atoms with Crippen LogP contribution < -0.4 is 0 Å². The molecule has 1 N–H and O–H groups in total. The lowest BCUT2D eigenvalue weighted by Crippen LogP contribution is -2.36. The molecule has 0 rings (SSSR count). The Morgan fingerprint density at radius 2 is 1.65 bits per heavy atom. The first-order chi connectivity index (χ1) is 7.90. The molecule has 100 valence electrons. The van der Waals surface area contributed by atoms with E-state index >= 15 is 0 Å². The van der Waals surface area contributed by atoms with Gasteiger partial charge in [0.2, 0.25) is 0 Å². The summed E-state index contributed by atoms with van der Waals surface area (Å²) in [5, 5.41) is 10.1. The zero-order valence-electron chi connectivity index (χ0n) is 12.1. The first-order valence-corrected chi connectivity index (χ1v) is 6.57. The summed E-state index contributed by atoms with van der Waals surface area (Å²) in [5.41, 5.74) is 0. The van der Waals surface area contributed by atoms with Gasteiger partial charge in [0.25, 0.3) is 0 Å². The van der Waals surface area contributed by atoms with Crippen LogP contribution in [0.1, 0.15) is 41.0 Å².